The minimum Gasteiger partial charge on any atom is -0.393 e. The summed E-state index contributed by atoms with van der Waals surface area (Å²) in [5.74, 6) is -1.21. The second-order valence-electron chi connectivity index (χ2n) is 5.48. The molecule has 1 fully saturated rings. The molecule has 0 aromatic heterocycles. The van der Waals surface area contributed by atoms with Crippen LogP contribution in [0.1, 0.15) is 31.4 Å². The highest BCUT2D eigenvalue weighted by molar-refractivity contribution is 6.39. The van der Waals surface area contributed by atoms with Gasteiger partial charge >= 0.3 is 11.8 Å². The molecule has 1 aliphatic heterocycles. The number of ether oxygens (including phenoxy) is 1. The van der Waals surface area contributed by atoms with Gasteiger partial charge in [0.05, 0.1) is 12.2 Å². The van der Waals surface area contributed by atoms with Crippen molar-refractivity contribution in [1.82, 2.24) is 4.90 Å². The molecule has 1 atom stereocenters. The van der Waals surface area contributed by atoms with Crippen molar-refractivity contribution in [2.75, 3.05) is 25.5 Å². The third-order valence-electron chi connectivity index (χ3n) is 3.91. The van der Waals surface area contributed by atoms with Crippen LogP contribution in [0.5, 0.6) is 0 Å². The highest BCUT2D eigenvalue weighted by atomic mass is 16.5. The molecule has 1 aromatic carbocycles. The zero-order valence-electron chi connectivity index (χ0n) is 12.9. The van der Waals surface area contributed by atoms with Crippen LogP contribution in [0, 0.1) is 0 Å². The van der Waals surface area contributed by atoms with Crippen molar-refractivity contribution in [2.24, 2.45) is 0 Å². The number of hydrogen-bond acceptors (Lipinski definition) is 4. The first kappa shape index (κ1) is 16.5. The first-order valence-corrected chi connectivity index (χ1v) is 7.42. The summed E-state index contributed by atoms with van der Waals surface area (Å²) in [6.07, 6.45) is 0.565. The molecule has 2 rings (SSSR count). The van der Waals surface area contributed by atoms with Gasteiger partial charge in [-0.15, -0.1) is 0 Å². The van der Waals surface area contributed by atoms with Crippen molar-refractivity contribution in [2.45, 2.75) is 32.0 Å². The predicted molar refractivity (Wildman–Crippen MR) is 82.3 cm³/mol. The lowest BCUT2D eigenvalue weighted by molar-refractivity contribution is -0.144. The van der Waals surface area contributed by atoms with Gasteiger partial charge in [-0.25, -0.2) is 0 Å². The van der Waals surface area contributed by atoms with Crippen LogP contribution in [-0.4, -0.2) is 48.1 Å². The van der Waals surface area contributed by atoms with Gasteiger partial charge < -0.3 is 20.1 Å². The summed E-state index contributed by atoms with van der Waals surface area (Å²) in [5.41, 5.74) is 1.49. The third kappa shape index (κ3) is 4.05. The second kappa shape index (κ2) is 7.38. The molecule has 2 N–H and O–H groups in total. The summed E-state index contributed by atoms with van der Waals surface area (Å²) in [6.45, 7) is 2.73. The molecule has 22 heavy (non-hydrogen) atoms. The SMILES string of the molecule is CO[C@@H](C)c1cccc(NC(=O)C(=O)N2CCC(O)CC2)c1. The number of carbonyl (C=O) groups excluding carboxylic acids is 2. The summed E-state index contributed by atoms with van der Waals surface area (Å²) < 4.78 is 5.24. The van der Waals surface area contributed by atoms with Crippen molar-refractivity contribution >= 4 is 17.5 Å². The Morgan fingerprint density at radius 3 is 2.68 bits per heavy atom. The maximum atomic E-state index is 12.1. The van der Waals surface area contributed by atoms with Crippen molar-refractivity contribution in [3.8, 4) is 0 Å². The Balaban J connectivity index is 1.98. The van der Waals surface area contributed by atoms with Gasteiger partial charge in [0.1, 0.15) is 0 Å². The normalized spacial score (nSPS) is 17.1. The quantitative estimate of drug-likeness (QED) is 0.826. The summed E-state index contributed by atoms with van der Waals surface area (Å²) in [7, 11) is 1.62. The standard InChI is InChI=1S/C16H22N2O4/c1-11(22-2)12-4-3-5-13(10-12)17-15(20)16(21)18-8-6-14(19)7-9-18/h3-5,10-11,14,19H,6-9H2,1-2H3,(H,17,20)/t11-/m0/s1. The minimum atomic E-state index is -0.654. The zero-order valence-corrected chi connectivity index (χ0v) is 12.9. The number of rotatable bonds is 3. The fourth-order valence-corrected chi connectivity index (χ4v) is 2.40. The molecule has 6 heteroatoms. The van der Waals surface area contributed by atoms with E-state index in [1.54, 1.807) is 19.2 Å². The lowest BCUT2D eigenvalue weighted by Crippen LogP contribution is -2.45. The molecule has 1 aromatic rings. The Morgan fingerprint density at radius 1 is 1.36 bits per heavy atom. The van der Waals surface area contributed by atoms with Crippen LogP contribution in [0.15, 0.2) is 24.3 Å². The molecule has 6 nitrogen and oxygen atoms in total. The van der Waals surface area contributed by atoms with Crippen LogP contribution in [0.25, 0.3) is 0 Å². The fourth-order valence-electron chi connectivity index (χ4n) is 2.40. The predicted octanol–water partition coefficient (Wildman–Crippen LogP) is 1.32. The van der Waals surface area contributed by atoms with Crippen LogP contribution in [0.3, 0.4) is 0 Å². The van der Waals surface area contributed by atoms with Gasteiger partial charge in [0, 0.05) is 25.9 Å². The highest BCUT2D eigenvalue weighted by Gasteiger charge is 2.26. The van der Waals surface area contributed by atoms with Crippen molar-refractivity contribution in [1.29, 1.82) is 0 Å². The van der Waals surface area contributed by atoms with Gasteiger partial charge in [-0.05, 0) is 37.5 Å². The van der Waals surface area contributed by atoms with E-state index in [4.69, 9.17) is 4.74 Å². The Hall–Kier alpha value is -1.92. The number of likely N-dealkylation sites (tertiary alicyclic amines) is 1. The molecular weight excluding hydrogens is 284 g/mol. The largest absolute Gasteiger partial charge is 0.393 e. The Morgan fingerprint density at radius 2 is 2.05 bits per heavy atom. The average Bonchev–Trinajstić information content (AvgIpc) is 2.54. The van der Waals surface area contributed by atoms with Gasteiger partial charge in [0.15, 0.2) is 0 Å². The van der Waals surface area contributed by atoms with E-state index in [9.17, 15) is 14.7 Å². The van der Waals surface area contributed by atoms with Crippen molar-refractivity contribution < 1.29 is 19.4 Å². The summed E-state index contributed by atoms with van der Waals surface area (Å²) in [5, 5.41) is 12.1. The van der Waals surface area contributed by atoms with E-state index in [0.29, 0.717) is 31.6 Å². The first-order chi connectivity index (χ1) is 10.5. The van der Waals surface area contributed by atoms with E-state index in [1.807, 2.05) is 19.1 Å². The number of methoxy groups -OCH3 is 1. The number of piperidine rings is 1. The number of benzene rings is 1. The van der Waals surface area contributed by atoms with E-state index >= 15 is 0 Å². The van der Waals surface area contributed by atoms with E-state index in [2.05, 4.69) is 5.32 Å². The van der Waals surface area contributed by atoms with Gasteiger partial charge in [-0.3, -0.25) is 9.59 Å². The third-order valence-corrected chi connectivity index (χ3v) is 3.91. The molecule has 0 bridgehead atoms. The molecule has 1 saturated heterocycles. The molecular formula is C16H22N2O4. The number of aliphatic hydroxyl groups is 1. The second-order valence-corrected chi connectivity index (χ2v) is 5.48. The molecule has 1 heterocycles. The maximum absolute atomic E-state index is 12.1. The zero-order chi connectivity index (χ0) is 16.1. The monoisotopic (exact) mass is 306 g/mol. The molecule has 1 aliphatic rings. The summed E-state index contributed by atoms with van der Waals surface area (Å²) >= 11 is 0. The van der Waals surface area contributed by atoms with Crippen molar-refractivity contribution in [3.63, 3.8) is 0 Å². The highest BCUT2D eigenvalue weighted by Crippen LogP contribution is 2.19. The summed E-state index contributed by atoms with van der Waals surface area (Å²) in [6, 6.07) is 7.23. The number of nitrogens with one attached hydrogen (secondary N) is 1. The molecule has 0 radical (unpaired) electrons. The minimum absolute atomic E-state index is 0.0869. The maximum Gasteiger partial charge on any atom is 0.313 e. The van der Waals surface area contributed by atoms with Crippen molar-refractivity contribution in [3.05, 3.63) is 29.8 Å². The number of hydrogen-bond donors (Lipinski definition) is 2. The smallest absolute Gasteiger partial charge is 0.313 e. The van der Waals surface area contributed by atoms with E-state index in [0.717, 1.165) is 5.56 Å². The van der Waals surface area contributed by atoms with Crippen LogP contribution < -0.4 is 5.32 Å². The van der Waals surface area contributed by atoms with Crippen LogP contribution in [0.2, 0.25) is 0 Å². The molecule has 0 aliphatic carbocycles. The summed E-state index contributed by atoms with van der Waals surface area (Å²) in [4.78, 5) is 25.6. The van der Waals surface area contributed by atoms with E-state index in [1.165, 1.54) is 4.90 Å². The number of anilines is 1. The molecule has 120 valence electrons. The van der Waals surface area contributed by atoms with Gasteiger partial charge in [-0.2, -0.15) is 0 Å². The van der Waals surface area contributed by atoms with Gasteiger partial charge in [0.25, 0.3) is 0 Å². The molecule has 0 saturated carbocycles. The van der Waals surface area contributed by atoms with Crippen LogP contribution in [0.4, 0.5) is 5.69 Å². The Labute approximate surface area is 130 Å². The van der Waals surface area contributed by atoms with Gasteiger partial charge in [-0.1, -0.05) is 12.1 Å². The Bertz CT molecular complexity index is 539. The number of amides is 2. The van der Waals surface area contributed by atoms with E-state index in [-0.39, 0.29) is 12.2 Å². The topological polar surface area (TPSA) is 78.9 Å². The lowest BCUT2D eigenvalue weighted by atomic mass is 10.1. The van der Waals surface area contributed by atoms with E-state index < -0.39 is 11.8 Å². The number of aliphatic hydroxyl groups excluding tert-OH is 1. The lowest BCUT2D eigenvalue weighted by Gasteiger charge is -2.28. The Kier molecular flexibility index (Phi) is 5.51. The fraction of sp³-hybridized carbons (Fsp3) is 0.500. The van der Waals surface area contributed by atoms with Gasteiger partial charge in [0.2, 0.25) is 0 Å². The number of carbonyl (C=O) groups is 2. The van der Waals surface area contributed by atoms with Crippen LogP contribution in [-0.2, 0) is 14.3 Å². The number of nitrogens with zero attached hydrogens (tertiary/aromatic N) is 1. The molecule has 0 spiro atoms. The van der Waals surface area contributed by atoms with Crippen LogP contribution >= 0.6 is 0 Å². The molecule has 0 unspecified atom stereocenters. The first-order valence-electron chi connectivity index (χ1n) is 7.42. The molecule has 2 amide bonds. The average molecular weight is 306 g/mol.